The third kappa shape index (κ3) is 4.43. The summed E-state index contributed by atoms with van der Waals surface area (Å²) in [6, 6.07) is 11.6. The Morgan fingerprint density at radius 2 is 1.73 bits per heavy atom. The molecule has 0 spiro atoms. The van der Waals surface area contributed by atoms with Gasteiger partial charge in [-0.3, -0.25) is 4.79 Å². The van der Waals surface area contributed by atoms with E-state index in [0.717, 1.165) is 42.7 Å². The van der Waals surface area contributed by atoms with Gasteiger partial charge in [0.2, 0.25) is 5.91 Å². The number of carbonyl (C=O) groups excluding carboxylic acids is 1. The molecule has 0 radical (unpaired) electrons. The Labute approximate surface area is 159 Å². The summed E-state index contributed by atoms with van der Waals surface area (Å²) in [7, 11) is 0. The number of piperazine rings is 1. The SMILES string of the molecule is CC(C)(C)C(=O)Nc1ccc(N2CCN(c3cccc(Cl)c3)CC2)nn1. The van der Waals surface area contributed by atoms with E-state index >= 15 is 0 Å². The molecule has 138 valence electrons. The molecule has 3 rings (SSSR count). The van der Waals surface area contributed by atoms with Crippen molar-refractivity contribution in [3.63, 3.8) is 0 Å². The van der Waals surface area contributed by atoms with E-state index in [1.165, 1.54) is 0 Å². The van der Waals surface area contributed by atoms with Crippen molar-refractivity contribution in [1.29, 1.82) is 0 Å². The second kappa shape index (κ2) is 7.50. The minimum atomic E-state index is -0.461. The Kier molecular flexibility index (Phi) is 5.32. The van der Waals surface area contributed by atoms with Gasteiger partial charge in [-0.15, -0.1) is 10.2 Å². The van der Waals surface area contributed by atoms with Crippen molar-refractivity contribution in [2.75, 3.05) is 41.3 Å². The van der Waals surface area contributed by atoms with Crippen LogP contribution < -0.4 is 15.1 Å². The number of benzene rings is 1. The summed E-state index contributed by atoms with van der Waals surface area (Å²) in [5.74, 6) is 1.23. The zero-order valence-electron chi connectivity index (χ0n) is 15.4. The number of nitrogens with one attached hydrogen (secondary N) is 1. The van der Waals surface area contributed by atoms with E-state index < -0.39 is 5.41 Å². The molecule has 1 aromatic heterocycles. The monoisotopic (exact) mass is 373 g/mol. The first-order valence-electron chi connectivity index (χ1n) is 8.73. The van der Waals surface area contributed by atoms with Crippen LogP contribution in [0.2, 0.25) is 5.02 Å². The average molecular weight is 374 g/mol. The fraction of sp³-hybridized carbons (Fsp3) is 0.421. The number of carbonyl (C=O) groups is 1. The first-order valence-corrected chi connectivity index (χ1v) is 9.11. The molecular formula is C19H24ClN5O. The Bertz CT molecular complexity index is 764. The first kappa shape index (κ1) is 18.5. The van der Waals surface area contributed by atoms with Gasteiger partial charge in [-0.25, -0.2) is 0 Å². The molecule has 1 fully saturated rings. The Morgan fingerprint density at radius 3 is 2.31 bits per heavy atom. The molecule has 7 heteroatoms. The van der Waals surface area contributed by atoms with Crippen LogP contribution in [0.5, 0.6) is 0 Å². The van der Waals surface area contributed by atoms with Gasteiger partial charge in [0.05, 0.1) is 0 Å². The van der Waals surface area contributed by atoms with E-state index in [-0.39, 0.29) is 5.91 Å². The standard InChI is InChI=1S/C19H24ClN5O/c1-19(2,3)18(26)21-16-7-8-17(23-22-16)25-11-9-24(10-12-25)15-6-4-5-14(20)13-15/h4-8,13H,9-12H2,1-3H3,(H,21,22,26). The van der Waals surface area contributed by atoms with E-state index in [1.807, 2.05) is 45.0 Å². The molecule has 1 amide bonds. The topological polar surface area (TPSA) is 61.4 Å². The number of nitrogens with zero attached hydrogens (tertiary/aromatic N) is 4. The number of anilines is 3. The van der Waals surface area contributed by atoms with Crippen LogP contribution in [0.15, 0.2) is 36.4 Å². The lowest BCUT2D eigenvalue weighted by Crippen LogP contribution is -2.46. The van der Waals surface area contributed by atoms with Gasteiger partial charge in [0.15, 0.2) is 11.6 Å². The molecule has 1 N–H and O–H groups in total. The lowest BCUT2D eigenvalue weighted by molar-refractivity contribution is -0.123. The fourth-order valence-corrected chi connectivity index (χ4v) is 2.92. The smallest absolute Gasteiger partial charge is 0.230 e. The third-order valence-electron chi connectivity index (χ3n) is 4.35. The zero-order chi connectivity index (χ0) is 18.7. The molecule has 1 saturated heterocycles. The average Bonchev–Trinajstić information content (AvgIpc) is 2.62. The summed E-state index contributed by atoms with van der Waals surface area (Å²) in [6.07, 6.45) is 0. The molecule has 0 unspecified atom stereocenters. The predicted octanol–water partition coefficient (Wildman–Crippen LogP) is 3.44. The summed E-state index contributed by atoms with van der Waals surface area (Å²) in [5, 5.41) is 12.0. The Balaban J connectivity index is 1.59. The van der Waals surface area contributed by atoms with Gasteiger partial charge in [-0.1, -0.05) is 38.4 Å². The van der Waals surface area contributed by atoms with Crippen LogP contribution >= 0.6 is 11.6 Å². The van der Waals surface area contributed by atoms with Crippen LogP contribution in [0.4, 0.5) is 17.3 Å². The summed E-state index contributed by atoms with van der Waals surface area (Å²) < 4.78 is 0. The summed E-state index contributed by atoms with van der Waals surface area (Å²) in [4.78, 5) is 16.5. The third-order valence-corrected chi connectivity index (χ3v) is 4.59. The molecule has 2 heterocycles. The maximum Gasteiger partial charge on any atom is 0.230 e. The Morgan fingerprint density at radius 1 is 1.04 bits per heavy atom. The van der Waals surface area contributed by atoms with E-state index in [2.05, 4.69) is 31.4 Å². The number of amides is 1. The second-order valence-electron chi connectivity index (χ2n) is 7.43. The number of hydrogen-bond donors (Lipinski definition) is 1. The van der Waals surface area contributed by atoms with Gasteiger partial charge in [-0.2, -0.15) is 0 Å². The maximum absolute atomic E-state index is 12.0. The highest BCUT2D eigenvalue weighted by Gasteiger charge is 2.22. The van der Waals surface area contributed by atoms with Crippen molar-refractivity contribution >= 4 is 34.8 Å². The van der Waals surface area contributed by atoms with Crippen LogP contribution in [-0.4, -0.2) is 42.3 Å². The van der Waals surface area contributed by atoms with Crippen molar-refractivity contribution in [3.05, 3.63) is 41.4 Å². The molecule has 0 atom stereocenters. The second-order valence-corrected chi connectivity index (χ2v) is 7.87. The summed E-state index contributed by atoms with van der Waals surface area (Å²) >= 11 is 6.08. The van der Waals surface area contributed by atoms with Gasteiger partial charge in [0.1, 0.15) is 0 Å². The largest absolute Gasteiger partial charge is 0.368 e. The first-order chi connectivity index (χ1) is 12.3. The molecule has 1 aliphatic heterocycles. The van der Waals surface area contributed by atoms with Crippen molar-refractivity contribution < 1.29 is 4.79 Å². The van der Waals surface area contributed by atoms with Crippen molar-refractivity contribution in [2.24, 2.45) is 5.41 Å². The van der Waals surface area contributed by atoms with Crippen molar-refractivity contribution in [2.45, 2.75) is 20.8 Å². The molecule has 1 aromatic carbocycles. The van der Waals surface area contributed by atoms with Gasteiger partial charge in [0.25, 0.3) is 0 Å². The van der Waals surface area contributed by atoms with Crippen molar-refractivity contribution in [1.82, 2.24) is 10.2 Å². The van der Waals surface area contributed by atoms with Crippen LogP contribution in [0.3, 0.4) is 0 Å². The summed E-state index contributed by atoms with van der Waals surface area (Å²) in [5.41, 5.74) is 0.681. The minimum Gasteiger partial charge on any atom is -0.368 e. The molecule has 0 bridgehead atoms. The molecule has 26 heavy (non-hydrogen) atoms. The molecule has 2 aromatic rings. The van der Waals surface area contributed by atoms with E-state index in [4.69, 9.17) is 11.6 Å². The zero-order valence-corrected chi connectivity index (χ0v) is 16.1. The molecule has 1 aliphatic rings. The highest BCUT2D eigenvalue weighted by molar-refractivity contribution is 6.30. The molecular weight excluding hydrogens is 350 g/mol. The van der Waals surface area contributed by atoms with E-state index in [0.29, 0.717) is 5.82 Å². The number of hydrogen-bond acceptors (Lipinski definition) is 5. The van der Waals surface area contributed by atoms with Crippen LogP contribution in [0, 0.1) is 5.41 Å². The van der Waals surface area contributed by atoms with E-state index in [9.17, 15) is 4.79 Å². The predicted molar refractivity (Wildman–Crippen MR) is 106 cm³/mol. The highest BCUT2D eigenvalue weighted by atomic mass is 35.5. The van der Waals surface area contributed by atoms with Gasteiger partial charge in [-0.05, 0) is 30.3 Å². The normalized spacial score (nSPS) is 15.1. The summed E-state index contributed by atoms with van der Waals surface area (Å²) in [6.45, 7) is 9.09. The van der Waals surface area contributed by atoms with E-state index in [1.54, 1.807) is 6.07 Å². The highest BCUT2D eigenvalue weighted by Crippen LogP contribution is 2.22. The van der Waals surface area contributed by atoms with Crippen molar-refractivity contribution in [3.8, 4) is 0 Å². The maximum atomic E-state index is 12.0. The quantitative estimate of drug-likeness (QED) is 0.892. The van der Waals surface area contributed by atoms with Crippen LogP contribution in [-0.2, 0) is 4.79 Å². The number of rotatable bonds is 3. The molecule has 0 aliphatic carbocycles. The van der Waals surface area contributed by atoms with Crippen LogP contribution in [0.1, 0.15) is 20.8 Å². The minimum absolute atomic E-state index is 0.0744. The molecule has 0 saturated carbocycles. The van der Waals surface area contributed by atoms with Crippen LogP contribution in [0.25, 0.3) is 0 Å². The Hall–Kier alpha value is -2.34. The van der Waals surface area contributed by atoms with Gasteiger partial charge >= 0.3 is 0 Å². The lowest BCUT2D eigenvalue weighted by atomic mass is 9.96. The number of aromatic nitrogens is 2. The number of halogens is 1. The van der Waals surface area contributed by atoms with Gasteiger partial charge < -0.3 is 15.1 Å². The molecule has 6 nitrogen and oxygen atoms in total. The lowest BCUT2D eigenvalue weighted by Gasteiger charge is -2.36. The van der Waals surface area contributed by atoms with Gasteiger partial charge in [0, 0.05) is 42.3 Å². The fourth-order valence-electron chi connectivity index (χ4n) is 2.73.